The summed E-state index contributed by atoms with van der Waals surface area (Å²) < 4.78 is 14.9. The predicted molar refractivity (Wildman–Crippen MR) is 103 cm³/mol. The molecule has 0 saturated carbocycles. The minimum atomic E-state index is -0.250. The number of fused-ring (bicyclic) bond motifs is 1. The number of hydrogen-bond donors (Lipinski definition) is 1. The van der Waals surface area contributed by atoms with Gasteiger partial charge in [-0.15, -0.1) is 0 Å². The second kappa shape index (κ2) is 7.35. The Kier molecular flexibility index (Phi) is 4.75. The molecule has 4 rings (SSSR count). The molecule has 3 aromatic rings. The third kappa shape index (κ3) is 3.63. The van der Waals surface area contributed by atoms with Crippen LogP contribution in [-0.4, -0.2) is 22.2 Å². The Hall–Kier alpha value is -2.95. The van der Waals surface area contributed by atoms with Crippen molar-refractivity contribution in [2.75, 3.05) is 6.54 Å². The normalized spacial score (nSPS) is 12.8. The number of carbonyl (C=O) groups excluding carboxylic acids is 1. The van der Waals surface area contributed by atoms with E-state index in [2.05, 4.69) is 29.5 Å². The SMILES string of the molecule is Cc1ccc(-n2nc(C(=O)NCCc3ccc(F)cc3)c3c2CCC3)cc1. The van der Waals surface area contributed by atoms with Gasteiger partial charge in [-0.1, -0.05) is 29.8 Å². The number of hydrogen-bond acceptors (Lipinski definition) is 2. The van der Waals surface area contributed by atoms with Crippen LogP contribution in [0.25, 0.3) is 5.69 Å². The van der Waals surface area contributed by atoms with Gasteiger partial charge in [0.05, 0.1) is 5.69 Å². The monoisotopic (exact) mass is 363 g/mol. The van der Waals surface area contributed by atoms with E-state index in [9.17, 15) is 9.18 Å². The van der Waals surface area contributed by atoms with Crippen molar-refractivity contribution >= 4 is 5.91 Å². The largest absolute Gasteiger partial charge is 0.350 e. The molecule has 1 aliphatic carbocycles. The zero-order chi connectivity index (χ0) is 18.8. The molecule has 138 valence electrons. The molecule has 4 nitrogen and oxygen atoms in total. The molecule has 0 bridgehead atoms. The van der Waals surface area contributed by atoms with Crippen LogP contribution in [0.4, 0.5) is 4.39 Å². The average Bonchev–Trinajstić information content (AvgIpc) is 3.27. The van der Waals surface area contributed by atoms with Crippen LogP contribution >= 0.6 is 0 Å². The summed E-state index contributed by atoms with van der Waals surface area (Å²) in [6, 6.07) is 14.5. The molecule has 1 N–H and O–H groups in total. The topological polar surface area (TPSA) is 46.9 Å². The fourth-order valence-corrected chi connectivity index (χ4v) is 3.57. The van der Waals surface area contributed by atoms with E-state index in [1.807, 2.05) is 16.8 Å². The summed E-state index contributed by atoms with van der Waals surface area (Å²) in [4.78, 5) is 12.7. The Morgan fingerprint density at radius 1 is 1.11 bits per heavy atom. The van der Waals surface area contributed by atoms with Gasteiger partial charge in [0, 0.05) is 17.8 Å². The van der Waals surface area contributed by atoms with Gasteiger partial charge in [0.15, 0.2) is 5.69 Å². The van der Waals surface area contributed by atoms with E-state index in [1.54, 1.807) is 12.1 Å². The predicted octanol–water partition coefficient (Wildman–Crippen LogP) is 3.78. The minimum absolute atomic E-state index is 0.138. The highest BCUT2D eigenvalue weighted by Gasteiger charge is 2.26. The number of aromatic nitrogens is 2. The molecule has 0 saturated heterocycles. The smallest absolute Gasteiger partial charge is 0.272 e. The maximum absolute atomic E-state index is 13.0. The van der Waals surface area contributed by atoms with E-state index in [4.69, 9.17) is 0 Å². The van der Waals surface area contributed by atoms with Gasteiger partial charge in [-0.3, -0.25) is 4.79 Å². The lowest BCUT2D eigenvalue weighted by Gasteiger charge is -2.06. The third-order valence-electron chi connectivity index (χ3n) is 5.04. The first-order valence-electron chi connectivity index (χ1n) is 9.32. The first kappa shape index (κ1) is 17.5. The summed E-state index contributed by atoms with van der Waals surface area (Å²) in [6.45, 7) is 2.55. The van der Waals surface area contributed by atoms with Crippen LogP contribution in [0, 0.1) is 12.7 Å². The molecular weight excluding hydrogens is 341 g/mol. The molecule has 0 fully saturated rings. The lowest BCUT2D eigenvalue weighted by atomic mass is 10.1. The van der Waals surface area contributed by atoms with Gasteiger partial charge < -0.3 is 5.32 Å². The molecule has 0 aliphatic heterocycles. The number of amides is 1. The van der Waals surface area contributed by atoms with Crippen molar-refractivity contribution in [1.29, 1.82) is 0 Å². The van der Waals surface area contributed by atoms with Crippen molar-refractivity contribution < 1.29 is 9.18 Å². The summed E-state index contributed by atoms with van der Waals surface area (Å²) in [6.07, 6.45) is 3.54. The van der Waals surface area contributed by atoms with Gasteiger partial charge in [-0.2, -0.15) is 5.10 Å². The van der Waals surface area contributed by atoms with E-state index in [1.165, 1.54) is 17.7 Å². The molecule has 0 atom stereocenters. The zero-order valence-corrected chi connectivity index (χ0v) is 15.3. The van der Waals surface area contributed by atoms with Crippen molar-refractivity contribution in [2.45, 2.75) is 32.6 Å². The van der Waals surface area contributed by atoms with Crippen LogP contribution in [0.3, 0.4) is 0 Å². The molecule has 1 amide bonds. The Bertz CT molecular complexity index is 958. The number of benzene rings is 2. The van der Waals surface area contributed by atoms with Crippen molar-refractivity contribution in [2.24, 2.45) is 0 Å². The van der Waals surface area contributed by atoms with Gasteiger partial charge in [0.1, 0.15) is 5.82 Å². The van der Waals surface area contributed by atoms with Crippen molar-refractivity contribution in [3.63, 3.8) is 0 Å². The summed E-state index contributed by atoms with van der Waals surface area (Å²) in [7, 11) is 0. The quantitative estimate of drug-likeness (QED) is 0.750. The van der Waals surface area contributed by atoms with Gasteiger partial charge in [0.25, 0.3) is 5.91 Å². The summed E-state index contributed by atoms with van der Waals surface area (Å²) >= 11 is 0. The summed E-state index contributed by atoms with van der Waals surface area (Å²) in [5.41, 5.74) is 5.91. The molecule has 0 radical (unpaired) electrons. The van der Waals surface area contributed by atoms with E-state index in [-0.39, 0.29) is 11.7 Å². The number of nitrogens with zero attached hydrogens (tertiary/aromatic N) is 2. The van der Waals surface area contributed by atoms with E-state index < -0.39 is 0 Å². The molecule has 1 aliphatic rings. The lowest BCUT2D eigenvalue weighted by molar-refractivity contribution is 0.0948. The molecule has 0 unspecified atom stereocenters. The Morgan fingerprint density at radius 3 is 2.59 bits per heavy atom. The fraction of sp³-hybridized carbons (Fsp3) is 0.273. The first-order valence-corrected chi connectivity index (χ1v) is 9.32. The number of nitrogens with one attached hydrogen (secondary N) is 1. The van der Waals surface area contributed by atoms with Crippen LogP contribution < -0.4 is 5.32 Å². The Morgan fingerprint density at radius 2 is 1.85 bits per heavy atom. The third-order valence-corrected chi connectivity index (χ3v) is 5.04. The van der Waals surface area contributed by atoms with E-state index in [0.717, 1.165) is 41.8 Å². The van der Waals surface area contributed by atoms with Gasteiger partial charge >= 0.3 is 0 Å². The average molecular weight is 363 g/mol. The van der Waals surface area contributed by atoms with Crippen LogP contribution in [0.15, 0.2) is 48.5 Å². The van der Waals surface area contributed by atoms with Crippen LogP contribution in [0.2, 0.25) is 0 Å². The van der Waals surface area contributed by atoms with Gasteiger partial charge in [0.2, 0.25) is 0 Å². The molecule has 1 heterocycles. The maximum Gasteiger partial charge on any atom is 0.272 e. The highest BCUT2D eigenvalue weighted by atomic mass is 19.1. The van der Waals surface area contributed by atoms with Crippen LogP contribution in [-0.2, 0) is 19.3 Å². The molecule has 27 heavy (non-hydrogen) atoms. The number of carbonyl (C=O) groups is 1. The molecule has 0 spiro atoms. The number of aryl methyl sites for hydroxylation is 1. The number of rotatable bonds is 5. The Balaban J connectivity index is 1.49. The van der Waals surface area contributed by atoms with Crippen LogP contribution in [0.5, 0.6) is 0 Å². The maximum atomic E-state index is 13.0. The van der Waals surface area contributed by atoms with Crippen molar-refractivity contribution in [1.82, 2.24) is 15.1 Å². The second-order valence-electron chi connectivity index (χ2n) is 7.01. The molecule has 5 heteroatoms. The second-order valence-corrected chi connectivity index (χ2v) is 7.01. The molecule has 2 aromatic carbocycles. The summed E-state index contributed by atoms with van der Waals surface area (Å²) in [5, 5.41) is 7.58. The van der Waals surface area contributed by atoms with Gasteiger partial charge in [-0.05, 0) is 62.4 Å². The van der Waals surface area contributed by atoms with E-state index >= 15 is 0 Å². The zero-order valence-electron chi connectivity index (χ0n) is 15.3. The standard InChI is InChI=1S/C22H22FN3O/c1-15-5-11-18(12-6-15)26-20-4-2-3-19(20)21(25-26)22(27)24-14-13-16-7-9-17(23)10-8-16/h5-12H,2-4,13-14H2,1H3,(H,24,27). The van der Waals surface area contributed by atoms with Crippen molar-refractivity contribution in [3.8, 4) is 5.69 Å². The highest BCUT2D eigenvalue weighted by Crippen LogP contribution is 2.27. The Labute approximate surface area is 158 Å². The van der Waals surface area contributed by atoms with E-state index in [0.29, 0.717) is 18.7 Å². The number of halogens is 1. The molecular formula is C22H22FN3O. The van der Waals surface area contributed by atoms with Crippen molar-refractivity contribution in [3.05, 3.63) is 82.4 Å². The summed E-state index contributed by atoms with van der Waals surface area (Å²) in [5.74, 6) is -0.388. The minimum Gasteiger partial charge on any atom is -0.350 e. The highest BCUT2D eigenvalue weighted by molar-refractivity contribution is 5.94. The first-order chi connectivity index (χ1) is 13.1. The van der Waals surface area contributed by atoms with Gasteiger partial charge in [-0.25, -0.2) is 9.07 Å². The fourth-order valence-electron chi connectivity index (χ4n) is 3.57. The molecule has 1 aromatic heterocycles. The van der Waals surface area contributed by atoms with Crippen LogP contribution in [0.1, 0.15) is 39.3 Å². The lowest BCUT2D eigenvalue weighted by Crippen LogP contribution is -2.27.